The number of fused-ring (bicyclic) bond motifs is 1. The van der Waals surface area contributed by atoms with Crippen LogP contribution in [0.3, 0.4) is 0 Å². The van der Waals surface area contributed by atoms with Gasteiger partial charge in [0.05, 0.1) is 4.90 Å². The quantitative estimate of drug-likeness (QED) is 0.575. The summed E-state index contributed by atoms with van der Waals surface area (Å²) in [4.78, 5) is 29.3. The molecule has 1 heterocycles. The van der Waals surface area contributed by atoms with Crippen LogP contribution in [-0.2, 0) is 25.8 Å². The van der Waals surface area contributed by atoms with Crippen molar-refractivity contribution < 1.29 is 18.0 Å². The Bertz CT molecular complexity index is 1270. The van der Waals surface area contributed by atoms with Crippen LogP contribution in [-0.4, -0.2) is 37.6 Å². The van der Waals surface area contributed by atoms with Crippen molar-refractivity contribution >= 4 is 27.3 Å². The average molecular weight is 463 g/mol. The molecule has 1 aliphatic heterocycles. The highest BCUT2D eigenvalue weighted by atomic mass is 32.2. The lowest BCUT2D eigenvalue weighted by molar-refractivity contribution is -0.143. The molecule has 1 aliphatic rings. The smallest absolute Gasteiger partial charge is 0.257 e. The number of rotatable bonds is 5. The Morgan fingerprint density at radius 1 is 0.939 bits per heavy atom. The van der Waals surface area contributed by atoms with Crippen molar-refractivity contribution in [2.75, 3.05) is 17.3 Å². The number of carbonyl (C=O) groups excluding carboxylic acids is 2. The van der Waals surface area contributed by atoms with E-state index in [9.17, 15) is 18.0 Å². The number of amides is 2. The SMILES string of the molecule is CC(=O)N(CS(=O)(=O)c1ccc(C)cc1)C(=O)C1c2ccccc2CCN1c1ccccc1. The third-order valence-corrected chi connectivity index (χ3v) is 7.52. The van der Waals surface area contributed by atoms with E-state index in [-0.39, 0.29) is 4.90 Å². The summed E-state index contributed by atoms with van der Waals surface area (Å²) >= 11 is 0. The number of hydrogen-bond donors (Lipinski definition) is 0. The predicted octanol–water partition coefficient (Wildman–Crippen LogP) is 3.91. The monoisotopic (exact) mass is 462 g/mol. The van der Waals surface area contributed by atoms with Crippen molar-refractivity contribution in [2.45, 2.75) is 31.2 Å². The van der Waals surface area contributed by atoms with Crippen LogP contribution in [0.15, 0.2) is 83.8 Å². The second kappa shape index (κ2) is 9.19. The van der Waals surface area contributed by atoms with Crippen LogP contribution < -0.4 is 4.90 Å². The number of hydrogen-bond acceptors (Lipinski definition) is 5. The Hall–Kier alpha value is -3.45. The first-order valence-electron chi connectivity index (χ1n) is 10.8. The summed E-state index contributed by atoms with van der Waals surface area (Å²) in [5.41, 5.74) is 3.57. The van der Waals surface area contributed by atoms with Gasteiger partial charge in [0.1, 0.15) is 11.9 Å². The molecule has 0 radical (unpaired) electrons. The van der Waals surface area contributed by atoms with Gasteiger partial charge in [-0.05, 0) is 48.7 Å². The van der Waals surface area contributed by atoms with Gasteiger partial charge >= 0.3 is 0 Å². The minimum absolute atomic E-state index is 0.0797. The first kappa shape index (κ1) is 22.7. The molecule has 0 saturated heterocycles. The van der Waals surface area contributed by atoms with Gasteiger partial charge in [0, 0.05) is 19.2 Å². The third kappa shape index (κ3) is 4.68. The van der Waals surface area contributed by atoms with Crippen molar-refractivity contribution in [2.24, 2.45) is 0 Å². The molecule has 3 aromatic carbocycles. The largest absolute Gasteiger partial charge is 0.356 e. The van der Waals surface area contributed by atoms with Crippen molar-refractivity contribution in [3.8, 4) is 0 Å². The van der Waals surface area contributed by atoms with Crippen molar-refractivity contribution in [1.29, 1.82) is 0 Å². The minimum Gasteiger partial charge on any atom is -0.356 e. The highest BCUT2D eigenvalue weighted by Gasteiger charge is 2.38. The fourth-order valence-electron chi connectivity index (χ4n) is 4.18. The summed E-state index contributed by atoms with van der Waals surface area (Å²) in [6.07, 6.45) is 0.747. The zero-order valence-electron chi connectivity index (χ0n) is 18.6. The molecule has 3 aromatic rings. The molecule has 7 heteroatoms. The Labute approximate surface area is 194 Å². The molecule has 0 saturated carbocycles. The molecule has 0 aliphatic carbocycles. The Balaban J connectivity index is 1.74. The molecular weight excluding hydrogens is 436 g/mol. The van der Waals surface area contributed by atoms with Crippen LogP contribution in [0, 0.1) is 6.92 Å². The fraction of sp³-hybridized carbons (Fsp3) is 0.231. The van der Waals surface area contributed by atoms with Crippen molar-refractivity contribution in [1.82, 2.24) is 4.90 Å². The normalized spacial score (nSPS) is 15.6. The number of anilines is 1. The summed E-state index contributed by atoms with van der Waals surface area (Å²) in [6.45, 7) is 3.67. The lowest BCUT2D eigenvalue weighted by atomic mass is 9.91. The molecule has 6 nitrogen and oxygen atoms in total. The van der Waals surface area contributed by atoms with Gasteiger partial charge in [0.2, 0.25) is 5.91 Å². The number of benzene rings is 3. The van der Waals surface area contributed by atoms with E-state index in [2.05, 4.69) is 0 Å². The Kier molecular flexibility index (Phi) is 6.33. The third-order valence-electron chi connectivity index (χ3n) is 5.93. The van der Waals surface area contributed by atoms with E-state index < -0.39 is 33.6 Å². The first-order chi connectivity index (χ1) is 15.8. The van der Waals surface area contributed by atoms with Gasteiger partial charge in [0.15, 0.2) is 9.84 Å². The summed E-state index contributed by atoms with van der Waals surface area (Å²) in [5.74, 6) is -1.85. The van der Waals surface area contributed by atoms with Gasteiger partial charge in [0.25, 0.3) is 5.91 Å². The van der Waals surface area contributed by atoms with Crippen LogP contribution in [0.5, 0.6) is 0 Å². The van der Waals surface area contributed by atoms with Crippen LogP contribution in [0.2, 0.25) is 0 Å². The zero-order valence-corrected chi connectivity index (χ0v) is 19.5. The lowest BCUT2D eigenvalue weighted by Crippen LogP contribution is -2.49. The van der Waals surface area contributed by atoms with Crippen LogP contribution in [0.4, 0.5) is 5.69 Å². The van der Waals surface area contributed by atoms with Gasteiger partial charge in [-0.25, -0.2) is 8.42 Å². The molecular formula is C26H26N2O4S. The summed E-state index contributed by atoms with van der Waals surface area (Å²) in [5, 5.41) is 0. The van der Waals surface area contributed by atoms with E-state index in [0.717, 1.165) is 33.7 Å². The number of para-hydroxylation sites is 1. The van der Waals surface area contributed by atoms with Gasteiger partial charge in [-0.2, -0.15) is 0 Å². The van der Waals surface area contributed by atoms with E-state index in [1.165, 1.54) is 19.1 Å². The maximum Gasteiger partial charge on any atom is 0.257 e. The number of sulfone groups is 1. The lowest BCUT2D eigenvalue weighted by Gasteiger charge is -2.39. The average Bonchev–Trinajstić information content (AvgIpc) is 2.82. The maximum absolute atomic E-state index is 13.8. The van der Waals surface area contributed by atoms with Gasteiger partial charge < -0.3 is 4.90 Å². The summed E-state index contributed by atoms with van der Waals surface area (Å²) < 4.78 is 26.2. The molecule has 0 bridgehead atoms. The van der Waals surface area contributed by atoms with Crippen LogP contribution in [0.25, 0.3) is 0 Å². The molecule has 33 heavy (non-hydrogen) atoms. The Morgan fingerprint density at radius 3 is 2.24 bits per heavy atom. The van der Waals surface area contributed by atoms with Crippen LogP contribution in [0.1, 0.15) is 29.7 Å². The van der Waals surface area contributed by atoms with E-state index in [0.29, 0.717) is 6.54 Å². The summed E-state index contributed by atoms with van der Waals surface area (Å²) in [7, 11) is -3.90. The van der Waals surface area contributed by atoms with Gasteiger partial charge in [-0.3, -0.25) is 14.5 Å². The van der Waals surface area contributed by atoms with E-state index >= 15 is 0 Å². The van der Waals surface area contributed by atoms with Crippen molar-refractivity contribution in [3.63, 3.8) is 0 Å². The first-order valence-corrected chi connectivity index (χ1v) is 12.4. The highest BCUT2D eigenvalue weighted by Crippen LogP contribution is 2.35. The number of carbonyl (C=O) groups is 2. The topological polar surface area (TPSA) is 74.8 Å². The van der Waals surface area contributed by atoms with Gasteiger partial charge in [-0.15, -0.1) is 0 Å². The maximum atomic E-state index is 13.8. The molecule has 0 aromatic heterocycles. The molecule has 0 spiro atoms. The Morgan fingerprint density at radius 2 is 1.58 bits per heavy atom. The van der Waals surface area contributed by atoms with E-state index in [1.807, 2.05) is 66.4 Å². The number of nitrogens with zero attached hydrogens (tertiary/aromatic N) is 2. The molecule has 4 rings (SSSR count). The second-order valence-electron chi connectivity index (χ2n) is 8.22. The van der Waals surface area contributed by atoms with Crippen molar-refractivity contribution in [3.05, 3.63) is 95.6 Å². The molecule has 0 N–H and O–H groups in total. The molecule has 2 amide bonds. The standard InChI is InChI=1S/C26H26N2O4S/c1-19-12-14-23(15-13-19)33(31,32)18-28(20(2)29)26(30)25-24-11-7-6-8-21(24)16-17-27(25)22-9-4-3-5-10-22/h3-15,25H,16-18H2,1-2H3. The molecule has 1 unspecified atom stereocenters. The minimum atomic E-state index is -3.90. The molecule has 0 fully saturated rings. The fourth-order valence-corrected chi connectivity index (χ4v) is 5.53. The second-order valence-corrected chi connectivity index (χ2v) is 10.2. The highest BCUT2D eigenvalue weighted by molar-refractivity contribution is 7.91. The molecule has 170 valence electrons. The molecule has 1 atom stereocenters. The van der Waals surface area contributed by atoms with E-state index in [4.69, 9.17) is 0 Å². The predicted molar refractivity (Wildman–Crippen MR) is 127 cm³/mol. The number of aryl methyl sites for hydroxylation is 1. The number of imide groups is 1. The van der Waals surface area contributed by atoms with Crippen LogP contribution >= 0.6 is 0 Å². The zero-order chi connectivity index (χ0) is 23.6. The summed E-state index contributed by atoms with van der Waals surface area (Å²) in [6, 6.07) is 22.7. The van der Waals surface area contributed by atoms with Gasteiger partial charge in [-0.1, -0.05) is 60.2 Å². The van der Waals surface area contributed by atoms with E-state index in [1.54, 1.807) is 12.1 Å².